The number of aromatic nitrogens is 1. The van der Waals surface area contributed by atoms with Crippen LogP contribution in [0.1, 0.15) is 18.4 Å². The van der Waals surface area contributed by atoms with Gasteiger partial charge in [0.1, 0.15) is 0 Å². The van der Waals surface area contributed by atoms with Crippen molar-refractivity contribution < 1.29 is 0 Å². The maximum absolute atomic E-state index is 6.45. The molecule has 2 aliphatic heterocycles. The van der Waals surface area contributed by atoms with Crippen molar-refractivity contribution >= 4 is 47.3 Å². The molecule has 1 atom stereocenters. The Morgan fingerprint density at radius 2 is 2.09 bits per heavy atom. The second kappa shape index (κ2) is 7.54. The number of nitrogens with zero attached hydrogens (tertiary/aromatic N) is 2. The van der Waals surface area contributed by atoms with E-state index in [1.165, 1.54) is 50.0 Å². The van der Waals surface area contributed by atoms with Crippen LogP contribution >= 0.6 is 36.4 Å². The lowest BCUT2D eigenvalue weighted by Gasteiger charge is -2.23. The predicted molar refractivity (Wildman–Crippen MR) is 101 cm³/mol. The quantitative estimate of drug-likeness (QED) is 0.863. The van der Waals surface area contributed by atoms with Crippen LogP contribution in [-0.4, -0.2) is 36.1 Å². The summed E-state index contributed by atoms with van der Waals surface area (Å²) in [4.78, 5) is 7.09. The fraction of sp³-hybridized carbons (Fsp3) is 0.471. The highest BCUT2D eigenvalue weighted by Crippen LogP contribution is 2.37. The van der Waals surface area contributed by atoms with Gasteiger partial charge in [0, 0.05) is 41.8 Å². The summed E-state index contributed by atoms with van der Waals surface area (Å²) in [6, 6.07) is 8.15. The molecule has 2 aliphatic rings. The lowest BCUT2D eigenvalue weighted by Crippen LogP contribution is -2.29. The molecule has 2 aromatic rings. The molecule has 1 N–H and O–H groups in total. The largest absolute Gasteiger partial charge is 0.316 e. The number of halogens is 3. The molecule has 1 aromatic carbocycles. The zero-order valence-corrected chi connectivity index (χ0v) is 15.3. The van der Waals surface area contributed by atoms with Gasteiger partial charge < -0.3 is 5.32 Å². The van der Waals surface area contributed by atoms with E-state index in [1.807, 2.05) is 18.3 Å². The minimum atomic E-state index is 0. The van der Waals surface area contributed by atoms with Crippen LogP contribution in [0.3, 0.4) is 0 Å². The van der Waals surface area contributed by atoms with Gasteiger partial charge in [0.15, 0.2) is 0 Å². The van der Waals surface area contributed by atoms with E-state index in [0.717, 1.165) is 17.1 Å². The molecule has 2 saturated heterocycles. The highest BCUT2D eigenvalue weighted by atomic mass is 35.5. The van der Waals surface area contributed by atoms with Crippen LogP contribution in [0.5, 0.6) is 0 Å². The van der Waals surface area contributed by atoms with Crippen LogP contribution in [0.25, 0.3) is 10.9 Å². The van der Waals surface area contributed by atoms with Crippen molar-refractivity contribution in [1.82, 2.24) is 15.2 Å². The van der Waals surface area contributed by atoms with Gasteiger partial charge in [-0.15, -0.1) is 24.8 Å². The lowest BCUT2D eigenvalue weighted by molar-refractivity contribution is 0.269. The molecule has 0 radical (unpaired) electrons. The van der Waals surface area contributed by atoms with Crippen molar-refractivity contribution in [3.8, 4) is 0 Å². The molecule has 3 nitrogen and oxygen atoms in total. The number of pyridine rings is 1. The maximum atomic E-state index is 6.45. The Kier molecular flexibility index (Phi) is 6.15. The van der Waals surface area contributed by atoms with E-state index in [4.69, 9.17) is 11.6 Å². The standard InChI is InChI=1S/C17H20ClN3.2ClH/c18-15-4-3-13-2-1-7-20-16(13)14(15)10-21-9-6-17(12-21)5-8-19-11-17;;/h1-4,7,19H,5-6,8-12H2;2*1H. The van der Waals surface area contributed by atoms with Crippen LogP contribution in [-0.2, 0) is 6.54 Å². The van der Waals surface area contributed by atoms with Crippen LogP contribution < -0.4 is 5.32 Å². The molecule has 1 spiro atoms. The number of benzene rings is 1. The Balaban J connectivity index is 0.000000960. The molecule has 2 fully saturated rings. The van der Waals surface area contributed by atoms with E-state index in [0.29, 0.717) is 5.41 Å². The molecule has 6 heteroatoms. The van der Waals surface area contributed by atoms with Crippen LogP contribution in [0, 0.1) is 5.41 Å². The molecule has 0 aliphatic carbocycles. The topological polar surface area (TPSA) is 28.2 Å². The Morgan fingerprint density at radius 1 is 1.22 bits per heavy atom. The molecule has 0 saturated carbocycles. The van der Waals surface area contributed by atoms with E-state index in [1.54, 1.807) is 0 Å². The van der Waals surface area contributed by atoms with Gasteiger partial charge in [-0.1, -0.05) is 23.7 Å². The first-order chi connectivity index (χ1) is 10.3. The average Bonchev–Trinajstić information content (AvgIpc) is 3.13. The molecule has 126 valence electrons. The van der Waals surface area contributed by atoms with Gasteiger partial charge in [-0.25, -0.2) is 0 Å². The highest BCUT2D eigenvalue weighted by Gasteiger charge is 2.40. The minimum absolute atomic E-state index is 0. The Hall–Kier alpha value is -0.580. The average molecular weight is 375 g/mol. The minimum Gasteiger partial charge on any atom is -0.316 e. The molecule has 0 bridgehead atoms. The van der Waals surface area contributed by atoms with Crippen molar-refractivity contribution in [2.24, 2.45) is 5.41 Å². The van der Waals surface area contributed by atoms with Gasteiger partial charge in [-0.05, 0) is 43.5 Å². The monoisotopic (exact) mass is 373 g/mol. The zero-order valence-electron chi connectivity index (χ0n) is 12.9. The number of hydrogen-bond acceptors (Lipinski definition) is 3. The van der Waals surface area contributed by atoms with Gasteiger partial charge in [-0.3, -0.25) is 9.88 Å². The smallest absolute Gasteiger partial charge is 0.0761 e. The molecular weight excluding hydrogens is 353 g/mol. The van der Waals surface area contributed by atoms with E-state index in [2.05, 4.69) is 27.3 Å². The summed E-state index contributed by atoms with van der Waals surface area (Å²) in [6.45, 7) is 5.60. The number of likely N-dealkylation sites (tertiary alicyclic amines) is 1. The third-order valence-corrected chi connectivity index (χ3v) is 5.41. The summed E-state index contributed by atoms with van der Waals surface area (Å²) in [5.41, 5.74) is 2.73. The second-order valence-corrected chi connectivity index (χ2v) is 6.90. The molecule has 1 aromatic heterocycles. The van der Waals surface area contributed by atoms with Crippen molar-refractivity contribution in [2.75, 3.05) is 26.2 Å². The normalized spacial score (nSPS) is 23.9. The van der Waals surface area contributed by atoms with E-state index >= 15 is 0 Å². The highest BCUT2D eigenvalue weighted by molar-refractivity contribution is 6.32. The lowest BCUT2D eigenvalue weighted by atomic mass is 9.86. The van der Waals surface area contributed by atoms with Crippen LogP contribution in [0.2, 0.25) is 5.02 Å². The zero-order chi connectivity index (χ0) is 14.3. The van der Waals surface area contributed by atoms with Crippen LogP contribution in [0.15, 0.2) is 30.5 Å². The van der Waals surface area contributed by atoms with E-state index in [9.17, 15) is 0 Å². The number of fused-ring (bicyclic) bond motifs is 1. The fourth-order valence-corrected chi connectivity index (χ4v) is 4.07. The third kappa shape index (κ3) is 3.59. The first-order valence-corrected chi connectivity index (χ1v) is 8.09. The molecular formula is C17H22Cl3N3. The summed E-state index contributed by atoms with van der Waals surface area (Å²) in [7, 11) is 0. The maximum Gasteiger partial charge on any atom is 0.0761 e. The predicted octanol–water partition coefficient (Wildman–Crippen LogP) is 3.92. The van der Waals surface area contributed by atoms with Gasteiger partial charge in [-0.2, -0.15) is 0 Å². The van der Waals surface area contributed by atoms with Gasteiger partial charge in [0.25, 0.3) is 0 Å². The fourth-order valence-electron chi connectivity index (χ4n) is 3.86. The number of hydrogen-bond donors (Lipinski definition) is 1. The molecule has 3 heterocycles. The van der Waals surface area contributed by atoms with Crippen LogP contribution in [0.4, 0.5) is 0 Å². The summed E-state index contributed by atoms with van der Waals surface area (Å²) in [5.74, 6) is 0. The van der Waals surface area contributed by atoms with Crippen molar-refractivity contribution in [1.29, 1.82) is 0 Å². The Bertz CT molecular complexity index is 671. The Morgan fingerprint density at radius 3 is 2.87 bits per heavy atom. The number of nitrogens with one attached hydrogen (secondary N) is 1. The third-order valence-electron chi connectivity index (χ3n) is 5.05. The molecule has 0 amide bonds. The summed E-state index contributed by atoms with van der Waals surface area (Å²) < 4.78 is 0. The molecule has 23 heavy (non-hydrogen) atoms. The summed E-state index contributed by atoms with van der Waals surface area (Å²) in [5, 5.41) is 5.53. The second-order valence-electron chi connectivity index (χ2n) is 6.49. The summed E-state index contributed by atoms with van der Waals surface area (Å²) >= 11 is 6.45. The SMILES string of the molecule is Cl.Cl.Clc1ccc2cccnc2c1CN1CCC2(CCNC2)C1. The van der Waals surface area contributed by atoms with E-state index < -0.39 is 0 Å². The molecule has 4 rings (SSSR count). The van der Waals surface area contributed by atoms with E-state index in [-0.39, 0.29) is 24.8 Å². The van der Waals surface area contributed by atoms with Crippen molar-refractivity contribution in [2.45, 2.75) is 19.4 Å². The first-order valence-electron chi connectivity index (χ1n) is 7.71. The number of rotatable bonds is 2. The van der Waals surface area contributed by atoms with Crippen molar-refractivity contribution in [3.05, 3.63) is 41.0 Å². The van der Waals surface area contributed by atoms with Gasteiger partial charge in [0.05, 0.1) is 5.52 Å². The van der Waals surface area contributed by atoms with Crippen molar-refractivity contribution in [3.63, 3.8) is 0 Å². The summed E-state index contributed by atoms with van der Waals surface area (Å²) in [6.07, 6.45) is 4.47. The first kappa shape index (κ1) is 18.8. The van der Waals surface area contributed by atoms with Gasteiger partial charge >= 0.3 is 0 Å². The molecule has 1 unspecified atom stereocenters. The Labute approximate surface area is 154 Å². The van der Waals surface area contributed by atoms with Gasteiger partial charge in [0.2, 0.25) is 0 Å².